The van der Waals surface area contributed by atoms with Crippen LogP contribution in [0.4, 0.5) is 0 Å². The number of hydrogen-bond acceptors (Lipinski definition) is 7. The summed E-state index contributed by atoms with van der Waals surface area (Å²) in [6.45, 7) is -0.144. The summed E-state index contributed by atoms with van der Waals surface area (Å²) in [5, 5.41) is 20.1. The molecular weight excluding hydrogens is 420 g/mol. The number of imidazole rings is 1. The molecule has 1 saturated heterocycles. The Hall–Kier alpha value is -2.11. The second-order valence-electron chi connectivity index (χ2n) is 6.16. The van der Waals surface area contributed by atoms with Crippen molar-refractivity contribution >= 4 is 27.1 Å². The number of aliphatic hydroxyl groups excluding tert-OH is 2. The van der Waals surface area contributed by atoms with Gasteiger partial charge in [-0.1, -0.05) is 34.1 Å². The first-order valence-electron chi connectivity index (χ1n) is 8.29. The average Bonchev–Trinajstić information content (AvgIpc) is 3.23. The van der Waals surface area contributed by atoms with E-state index in [2.05, 4.69) is 30.9 Å². The predicted molar refractivity (Wildman–Crippen MR) is 97.9 cm³/mol. The molecule has 0 amide bonds. The van der Waals surface area contributed by atoms with E-state index in [0.717, 1.165) is 10.0 Å². The third kappa shape index (κ3) is 3.30. The number of H-pyrrole nitrogens is 1. The highest BCUT2D eigenvalue weighted by Crippen LogP contribution is 2.34. The Labute approximate surface area is 161 Å². The molecule has 0 spiro atoms. The molecule has 0 bridgehead atoms. The maximum atomic E-state index is 11.9. The minimum absolute atomic E-state index is 0.160. The van der Waals surface area contributed by atoms with Gasteiger partial charge in [-0.3, -0.25) is 9.36 Å². The number of halogens is 1. The van der Waals surface area contributed by atoms with Gasteiger partial charge in [0.25, 0.3) is 5.56 Å². The standard InChI is InChI=1S/C17H17BrN4O5/c18-10-4-2-1-3-9(10)6-26-14-13(24)11(5-23)27-17(14)22-8-21-12-15(22)19-7-20-16(12)25/h1-4,7-8,11,13-14,17,23-24H,5-6H2,(H,19,20,25)/t11-,13?,14?,17-/m1/s1. The molecular formula is C17H17BrN4O5. The van der Waals surface area contributed by atoms with Crippen LogP contribution >= 0.6 is 15.9 Å². The summed E-state index contributed by atoms with van der Waals surface area (Å²) < 4.78 is 14.2. The summed E-state index contributed by atoms with van der Waals surface area (Å²) in [6, 6.07) is 7.58. The normalized spacial score (nSPS) is 25.3. The minimum Gasteiger partial charge on any atom is -0.394 e. The summed E-state index contributed by atoms with van der Waals surface area (Å²) in [4.78, 5) is 22.6. The number of aliphatic hydroxyl groups is 2. The van der Waals surface area contributed by atoms with E-state index < -0.39 is 24.5 Å². The Balaban J connectivity index is 1.65. The third-order valence-corrected chi connectivity index (χ3v) is 5.29. The van der Waals surface area contributed by atoms with Crippen LogP contribution in [-0.4, -0.2) is 54.7 Å². The minimum atomic E-state index is -1.05. The number of benzene rings is 1. The monoisotopic (exact) mass is 436 g/mol. The Morgan fingerprint density at radius 2 is 2.15 bits per heavy atom. The van der Waals surface area contributed by atoms with Crippen LogP contribution in [0.1, 0.15) is 11.8 Å². The molecule has 0 radical (unpaired) electrons. The van der Waals surface area contributed by atoms with Gasteiger partial charge >= 0.3 is 0 Å². The molecule has 1 aliphatic rings. The molecule has 9 nitrogen and oxygen atoms in total. The zero-order chi connectivity index (χ0) is 19.0. The van der Waals surface area contributed by atoms with E-state index in [4.69, 9.17) is 9.47 Å². The number of ether oxygens (including phenoxy) is 2. The highest BCUT2D eigenvalue weighted by Gasteiger charge is 2.46. The van der Waals surface area contributed by atoms with Crippen molar-refractivity contribution in [2.45, 2.75) is 31.1 Å². The van der Waals surface area contributed by atoms with Crippen molar-refractivity contribution in [3.8, 4) is 0 Å². The van der Waals surface area contributed by atoms with Crippen LogP contribution in [0.3, 0.4) is 0 Å². The number of nitrogens with zero attached hydrogens (tertiary/aromatic N) is 3. The Bertz CT molecular complexity index is 1010. The summed E-state index contributed by atoms with van der Waals surface area (Å²) in [5.41, 5.74) is 0.999. The molecule has 2 unspecified atom stereocenters. The van der Waals surface area contributed by atoms with Crippen LogP contribution in [0.2, 0.25) is 0 Å². The van der Waals surface area contributed by atoms with E-state index in [9.17, 15) is 15.0 Å². The van der Waals surface area contributed by atoms with Crippen LogP contribution < -0.4 is 5.56 Å². The highest BCUT2D eigenvalue weighted by molar-refractivity contribution is 9.10. The summed E-state index contributed by atoms with van der Waals surface area (Å²) in [5.74, 6) is 0. The van der Waals surface area contributed by atoms with Gasteiger partial charge in [-0.2, -0.15) is 0 Å². The first-order valence-corrected chi connectivity index (χ1v) is 9.09. The second-order valence-corrected chi connectivity index (χ2v) is 7.02. The van der Waals surface area contributed by atoms with Gasteiger partial charge in [0.1, 0.15) is 18.3 Å². The van der Waals surface area contributed by atoms with E-state index >= 15 is 0 Å². The van der Waals surface area contributed by atoms with Gasteiger partial charge in [-0.25, -0.2) is 9.97 Å². The molecule has 142 valence electrons. The molecule has 3 aromatic rings. The lowest BCUT2D eigenvalue weighted by Gasteiger charge is -2.22. The van der Waals surface area contributed by atoms with Gasteiger partial charge in [0.2, 0.25) is 0 Å². The van der Waals surface area contributed by atoms with Gasteiger partial charge in [-0.15, -0.1) is 0 Å². The van der Waals surface area contributed by atoms with Crippen molar-refractivity contribution in [3.05, 3.63) is 57.3 Å². The molecule has 3 heterocycles. The largest absolute Gasteiger partial charge is 0.394 e. The van der Waals surface area contributed by atoms with Gasteiger partial charge in [0.15, 0.2) is 17.4 Å². The highest BCUT2D eigenvalue weighted by atomic mass is 79.9. The number of fused-ring (bicyclic) bond motifs is 1. The first-order chi connectivity index (χ1) is 13.1. The summed E-state index contributed by atoms with van der Waals surface area (Å²) >= 11 is 3.46. The first kappa shape index (κ1) is 18.3. The number of rotatable bonds is 5. The van der Waals surface area contributed by atoms with Crippen LogP contribution in [0.15, 0.2) is 46.2 Å². The predicted octanol–water partition coefficient (Wildman–Crippen LogP) is 0.718. The zero-order valence-corrected chi connectivity index (χ0v) is 15.6. The van der Waals surface area contributed by atoms with E-state index in [0.29, 0.717) is 5.65 Å². The SMILES string of the molecule is O=c1[nH]cnc2c1ncn2[C@@H]1O[C@H](CO)C(O)C1OCc1ccccc1Br. The fourth-order valence-corrected chi connectivity index (χ4v) is 3.52. The molecule has 4 atom stereocenters. The van der Waals surface area contributed by atoms with Crippen LogP contribution in [0.5, 0.6) is 0 Å². The Kier molecular flexibility index (Phi) is 5.06. The van der Waals surface area contributed by atoms with Crippen molar-refractivity contribution < 1.29 is 19.7 Å². The van der Waals surface area contributed by atoms with Crippen molar-refractivity contribution in [1.29, 1.82) is 0 Å². The Morgan fingerprint density at radius 1 is 1.33 bits per heavy atom. The van der Waals surface area contributed by atoms with Gasteiger partial charge in [0, 0.05) is 4.47 Å². The molecule has 3 N–H and O–H groups in total. The van der Waals surface area contributed by atoms with Gasteiger partial charge in [-0.05, 0) is 11.6 Å². The fourth-order valence-electron chi connectivity index (χ4n) is 3.12. The number of nitrogens with one attached hydrogen (secondary N) is 1. The number of aromatic amines is 1. The average molecular weight is 437 g/mol. The van der Waals surface area contributed by atoms with Crippen LogP contribution in [-0.2, 0) is 16.1 Å². The van der Waals surface area contributed by atoms with Crippen molar-refractivity contribution in [2.75, 3.05) is 6.61 Å². The van der Waals surface area contributed by atoms with Gasteiger partial charge < -0.3 is 24.7 Å². The molecule has 0 aliphatic carbocycles. The molecule has 1 fully saturated rings. The van der Waals surface area contributed by atoms with E-state index in [1.54, 1.807) is 0 Å². The zero-order valence-electron chi connectivity index (χ0n) is 14.0. The molecule has 1 aliphatic heterocycles. The fraction of sp³-hybridized carbons (Fsp3) is 0.353. The van der Waals surface area contributed by atoms with Crippen LogP contribution in [0, 0.1) is 0 Å². The molecule has 4 rings (SSSR count). The maximum absolute atomic E-state index is 11.9. The smallest absolute Gasteiger partial charge is 0.278 e. The maximum Gasteiger partial charge on any atom is 0.278 e. The molecule has 27 heavy (non-hydrogen) atoms. The lowest BCUT2D eigenvalue weighted by atomic mass is 10.1. The number of hydrogen-bond donors (Lipinski definition) is 3. The van der Waals surface area contributed by atoms with Crippen LogP contribution in [0.25, 0.3) is 11.2 Å². The summed E-state index contributed by atoms with van der Waals surface area (Å²) in [6.07, 6.45) is -0.764. The number of aromatic nitrogens is 4. The molecule has 2 aromatic heterocycles. The van der Waals surface area contributed by atoms with E-state index in [1.165, 1.54) is 17.2 Å². The van der Waals surface area contributed by atoms with Crippen molar-refractivity contribution in [2.24, 2.45) is 0 Å². The van der Waals surface area contributed by atoms with Crippen molar-refractivity contribution in [1.82, 2.24) is 19.5 Å². The summed E-state index contributed by atoms with van der Waals surface area (Å²) in [7, 11) is 0. The van der Waals surface area contributed by atoms with Crippen molar-refractivity contribution in [3.63, 3.8) is 0 Å². The third-order valence-electron chi connectivity index (χ3n) is 4.52. The topological polar surface area (TPSA) is 122 Å². The van der Waals surface area contributed by atoms with Gasteiger partial charge in [0.05, 0.1) is 25.9 Å². The molecule has 10 heteroatoms. The molecule has 0 saturated carbocycles. The quantitative estimate of drug-likeness (QED) is 0.538. The Morgan fingerprint density at radius 3 is 2.93 bits per heavy atom. The lowest BCUT2D eigenvalue weighted by molar-refractivity contribution is -0.0762. The second kappa shape index (κ2) is 7.49. The van der Waals surface area contributed by atoms with E-state index in [1.807, 2.05) is 24.3 Å². The van der Waals surface area contributed by atoms with E-state index in [-0.39, 0.29) is 24.3 Å². The molecule has 1 aromatic carbocycles. The lowest BCUT2D eigenvalue weighted by Crippen LogP contribution is -2.35.